The molecule has 184 valence electrons. The molecule has 1 saturated heterocycles. The normalized spacial score (nSPS) is 17.0. The second kappa shape index (κ2) is 8.70. The van der Waals surface area contributed by atoms with Crippen molar-refractivity contribution in [3.63, 3.8) is 0 Å². The molecule has 2 aliphatic rings. The van der Waals surface area contributed by atoms with Gasteiger partial charge in [0.1, 0.15) is 0 Å². The Labute approximate surface area is 217 Å². The van der Waals surface area contributed by atoms with Crippen LogP contribution in [0, 0.1) is 13.8 Å². The third kappa shape index (κ3) is 3.79. The second-order valence-corrected chi connectivity index (χ2v) is 11.1. The van der Waals surface area contributed by atoms with Gasteiger partial charge in [-0.3, -0.25) is 4.98 Å². The highest BCUT2D eigenvalue weighted by Gasteiger charge is 2.40. The van der Waals surface area contributed by atoms with E-state index >= 15 is 0 Å². The molecule has 4 aromatic heterocycles. The molecule has 4 aromatic rings. The Hall–Kier alpha value is -3.25. The fraction of sp³-hybridized carbons (Fsp3) is 0.379. The van der Waals surface area contributed by atoms with E-state index < -0.39 is 0 Å². The smallest absolute Gasteiger partial charge is 0.161 e. The molecule has 0 radical (unpaired) electrons. The van der Waals surface area contributed by atoms with E-state index in [1.165, 1.54) is 19.3 Å². The van der Waals surface area contributed by atoms with E-state index in [9.17, 15) is 0 Å². The van der Waals surface area contributed by atoms with E-state index in [-0.39, 0.29) is 5.41 Å². The Kier molecular flexibility index (Phi) is 5.60. The van der Waals surface area contributed by atoms with Gasteiger partial charge in [0.25, 0.3) is 0 Å². The van der Waals surface area contributed by atoms with Gasteiger partial charge in [-0.1, -0.05) is 25.4 Å². The topological polar surface area (TPSA) is 58.0 Å². The molecule has 0 N–H and O–H groups in total. The van der Waals surface area contributed by atoms with Gasteiger partial charge in [-0.2, -0.15) is 0 Å². The Bertz CT molecular complexity index is 1470. The molecular weight excluding hydrogens is 468 g/mol. The maximum atomic E-state index is 6.81. The number of aromatic nitrogens is 4. The lowest BCUT2D eigenvalue weighted by Gasteiger charge is -2.30. The average molecular weight is 499 g/mol. The van der Waals surface area contributed by atoms with Gasteiger partial charge in [0.2, 0.25) is 0 Å². The summed E-state index contributed by atoms with van der Waals surface area (Å²) in [6.07, 6.45) is 7.31. The van der Waals surface area contributed by atoms with E-state index in [0.29, 0.717) is 5.15 Å². The molecule has 0 bridgehead atoms. The maximum Gasteiger partial charge on any atom is 0.161 e. The van der Waals surface area contributed by atoms with E-state index in [4.69, 9.17) is 21.6 Å². The lowest BCUT2D eigenvalue weighted by atomic mass is 9.91. The fourth-order valence-electron chi connectivity index (χ4n) is 5.72. The number of halogens is 1. The standard InChI is InChI=1S/C29H31ClN6/c1-18-10-12-31-21(15-18)24-19(2)25(20-9-8-11-32-28(20)33-24)36-17-29(3,4)26-22(36)16-23(27(30)34-26)35-13-6-5-7-14-35/h8-12,15-16H,5-7,13-14,17H2,1-4H3. The predicted molar refractivity (Wildman–Crippen MR) is 148 cm³/mol. The zero-order valence-corrected chi connectivity index (χ0v) is 22.1. The molecule has 1 fully saturated rings. The summed E-state index contributed by atoms with van der Waals surface area (Å²) >= 11 is 6.81. The first kappa shape index (κ1) is 23.2. The van der Waals surface area contributed by atoms with Crippen LogP contribution in [-0.4, -0.2) is 39.6 Å². The number of nitrogens with zero attached hydrogens (tertiary/aromatic N) is 6. The summed E-state index contributed by atoms with van der Waals surface area (Å²) in [4.78, 5) is 24.1. The lowest BCUT2D eigenvalue weighted by Crippen LogP contribution is -2.30. The fourth-order valence-corrected chi connectivity index (χ4v) is 5.98. The molecule has 0 spiro atoms. The number of hydrogen-bond acceptors (Lipinski definition) is 6. The van der Waals surface area contributed by atoms with Gasteiger partial charge in [0, 0.05) is 48.4 Å². The third-order valence-corrected chi connectivity index (χ3v) is 7.80. The molecule has 6 rings (SSSR count). The summed E-state index contributed by atoms with van der Waals surface area (Å²) in [5.74, 6) is 0. The minimum absolute atomic E-state index is 0.161. The molecule has 0 unspecified atom stereocenters. The van der Waals surface area contributed by atoms with Crippen LogP contribution in [0.25, 0.3) is 22.4 Å². The highest BCUT2D eigenvalue weighted by molar-refractivity contribution is 6.32. The van der Waals surface area contributed by atoms with Crippen molar-refractivity contribution in [2.45, 2.75) is 52.4 Å². The molecule has 0 aromatic carbocycles. The number of hydrogen-bond donors (Lipinski definition) is 0. The summed E-state index contributed by atoms with van der Waals surface area (Å²) in [6.45, 7) is 11.6. The lowest BCUT2D eigenvalue weighted by molar-refractivity contribution is 0.553. The zero-order valence-electron chi connectivity index (χ0n) is 21.3. The van der Waals surface area contributed by atoms with Gasteiger partial charge in [0.05, 0.1) is 34.1 Å². The highest BCUT2D eigenvalue weighted by atomic mass is 35.5. The molecule has 0 aliphatic carbocycles. The predicted octanol–water partition coefficient (Wildman–Crippen LogP) is 6.78. The Morgan fingerprint density at radius 1 is 0.917 bits per heavy atom. The van der Waals surface area contributed by atoms with Crippen molar-refractivity contribution in [3.05, 3.63) is 64.7 Å². The molecule has 6 heterocycles. The molecular formula is C29H31ClN6. The van der Waals surface area contributed by atoms with Crippen LogP contribution in [0.1, 0.15) is 49.9 Å². The largest absolute Gasteiger partial charge is 0.369 e. The second-order valence-electron chi connectivity index (χ2n) is 10.7. The van der Waals surface area contributed by atoms with Gasteiger partial charge >= 0.3 is 0 Å². The van der Waals surface area contributed by atoms with Gasteiger partial charge in [-0.05, 0) is 69.0 Å². The Balaban J connectivity index is 1.58. The number of rotatable bonds is 3. The molecule has 6 nitrogen and oxygen atoms in total. The SMILES string of the molecule is Cc1ccnc(-c2nc3ncccc3c(N3CC(C)(C)c4nc(Cl)c(N5CCCCC5)cc43)c2C)c1. The molecule has 0 atom stereocenters. The Morgan fingerprint density at radius 2 is 1.72 bits per heavy atom. The van der Waals surface area contributed by atoms with E-state index in [0.717, 1.165) is 75.9 Å². The van der Waals surface area contributed by atoms with E-state index in [2.05, 4.69) is 65.7 Å². The molecule has 0 amide bonds. The van der Waals surface area contributed by atoms with Crippen molar-refractivity contribution in [2.24, 2.45) is 0 Å². The van der Waals surface area contributed by atoms with Crippen LogP contribution < -0.4 is 9.80 Å². The van der Waals surface area contributed by atoms with Crippen molar-refractivity contribution >= 4 is 39.7 Å². The number of pyridine rings is 4. The highest BCUT2D eigenvalue weighted by Crippen LogP contribution is 2.49. The minimum atomic E-state index is -0.161. The molecule has 7 heteroatoms. The summed E-state index contributed by atoms with van der Waals surface area (Å²) in [5, 5.41) is 1.64. The van der Waals surface area contributed by atoms with Crippen LogP contribution in [0.5, 0.6) is 0 Å². The first-order chi connectivity index (χ1) is 17.3. The van der Waals surface area contributed by atoms with Crippen LogP contribution in [0.15, 0.2) is 42.7 Å². The van der Waals surface area contributed by atoms with Crippen LogP contribution >= 0.6 is 11.6 Å². The zero-order chi connectivity index (χ0) is 25.0. The first-order valence-electron chi connectivity index (χ1n) is 12.8. The van der Waals surface area contributed by atoms with Gasteiger partial charge in [-0.15, -0.1) is 0 Å². The number of piperidine rings is 1. The summed E-state index contributed by atoms with van der Waals surface area (Å²) in [6, 6.07) is 10.5. The minimum Gasteiger partial charge on any atom is -0.369 e. The summed E-state index contributed by atoms with van der Waals surface area (Å²) in [5.41, 5.74) is 8.84. The maximum absolute atomic E-state index is 6.81. The van der Waals surface area contributed by atoms with E-state index in [1.807, 2.05) is 18.3 Å². The van der Waals surface area contributed by atoms with Crippen molar-refractivity contribution < 1.29 is 0 Å². The van der Waals surface area contributed by atoms with Crippen molar-refractivity contribution in [2.75, 3.05) is 29.4 Å². The van der Waals surface area contributed by atoms with Crippen molar-refractivity contribution in [3.8, 4) is 11.4 Å². The molecule has 0 saturated carbocycles. The average Bonchev–Trinajstić information content (AvgIpc) is 3.13. The van der Waals surface area contributed by atoms with Crippen molar-refractivity contribution in [1.29, 1.82) is 0 Å². The van der Waals surface area contributed by atoms with Crippen LogP contribution in [0.3, 0.4) is 0 Å². The number of anilines is 3. The summed E-state index contributed by atoms with van der Waals surface area (Å²) < 4.78 is 0. The van der Waals surface area contributed by atoms with Crippen LogP contribution in [0.2, 0.25) is 5.15 Å². The van der Waals surface area contributed by atoms with Gasteiger partial charge in [-0.25, -0.2) is 15.0 Å². The number of aryl methyl sites for hydroxylation is 1. The molecule has 2 aliphatic heterocycles. The third-order valence-electron chi connectivity index (χ3n) is 7.52. The summed E-state index contributed by atoms with van der Waals surface area (Å²) in [7, 11) is 0. The van der Waals surface area contributed by atoms with Gasteiger partial charge in [0.15, 0.2) is 10.8 Å². The Morgan fingerprint density at radius 3 is 2.50 bits per heavy atom. The quantitative estimate of drug-likeness (QED) is 0.290. The molecule has 36 heavy (non-hydrogen) atoms. The van der Waals surface area contributed by atoms with Crippen LogP contribution in [0.4, 0.5) is 17.1 Å². The van der Waals surface area contributed by atoms with E-state index in [1.54, 1.807) is 6.20 Å². The monoisotopic (exact) mass is 498 g/mol. The number of fused-ring (bicyclic) bond motifs is 2. The van der Waals surface area contributed by atoms with Gasteiger partial charge < -0.3 is 9.80 Å². The van der Waals surface area contributed by atoms with Crippen LogP contribution in [-0.2, 0) is 5.41 Å². The first-order valence-corrected chi connectivity index (χ1v) is 13.1. The van der Waals surface area contributed by atoms with Crippen molar-refractivity contribution in [1.82, 2.24) is 19.9 Å².